The van der Waals surface area contributed by atoms with Crippen molar-refractivity contribution < 1.29 is 18.9 Å². The number of aromatic nitrogens is 4. The quantitative estimate of drug-likeness (QED) is 0.0276. The van der Waals surface area contributed by atoms with E-state index in [1.807, 2.05) is 60.7 Å². The van der Waals surface area contributed by atoms with Gasteiger partial charge in [0.05, 0.1) is 60.7 Å². The molecule has 2 heterocycles. The van der Waals surface area contributed by atoms with E-state index < -0.39 is 0 Å². The highest BCUT2D eigenvalue weighted by molar-refractivity contribution is 7.00. The number of hydrogen-bond acceptors (Lipinski definition) is 9. The fourth-order valence-electron chi connectivity index (χ4n) is 10.9. The predicted molar refractivity (Wildman–Crippen MR) is 359 cm³/mol. The summed E-state index contributed by atoms with van der Waals surface area (Å²) in [6.45, 7) is 11.6. The van der Waals surface area contributed by atoms with E-state index in [9.17, 15) is 0 Å². The molecule has 8 nitrogen and oxygen atoms in total. The van der Waals surface area contributed by atoms with E-state index in [-0.39, 0.29) is 0 Å². The Morgan fingerprint density at radius 3 is 0.918 bits per heavy atom. The second-order valence-corrected chi connectivity index (χ2v) is 23.7. The Labute approximate surface area is 516 Å². The van der Waals surface area contributed by atoms with Crippen molar-refractivity contribution in [3.8, 4) is 69.2 Å². The fraction of sp³-hybridized carbons (Fsp3) is 0.526. The topological polar surface area (TPSA) is 88.5 Å². The SMILES string of the molecule is CCCCCCCCCCOc1ccc(-c2nc3c(C#Cc4ccccc4)c4nsnc4c(C#Cc4ccccc4)c3nc2-c2ccc(OCCCCCCCCCC)c(OCCCCCCCCCC)c2)cc1OCCCCCCCCCC. The molecule has 0 atom stereocenters. The summed E-state index contributed by atoms with van der Waals surface area (Å²) in [6.07, 6.45) is 39.4. The van der Waals surface area contributed by atoms with E-state index in [4.69, 9.17) is 37.7 Å². The van der Waals surface area contributed by atoms with E-state index in [0.29, 0.717) is 82.5 Å². The van der Waals surface area contributed by atoms with E-state index >= 15 is 0 Å². The number of rotatable bonds is 42. The maximum Gasteiger partial charge on any atom is 0.161 e. The molecule has 0 aliphatic rings. The Kier molecular flexibility index (Phi) is 31.2. The van der Waals surface area contributed by atoms with Crippen molar-refractivity contribution in [1.82, 2.24) is 18.7 Å². The van der Waals surface area contributed by atoms with Gasteiger partial charge in [-0.3, -0.25) is 0 Å². The average Bonchev–Trinajstić information content (AvgIpc) is 2.27. The minimum Gasteiger partial charge on any atom is -0.490 e. The summed E-state index contributed by atoms with van der Waals surface area (Å²) in [5.74, 6) is 16.9. The summed E-state index contributed by atoms with van der Waals surface area (Å²) >= 11 is 1.15. The van der Waals surface area contributed by atoms with Gasteiger partial charge in [-0.15, -0.1) is 0 Å². The Hall–Kier alpha value is -6.42. The lowest BCUT2D eigenvalue weighted by molar-refractivity contribution is 0.258. The van der Waals surface area contributed by atoms with Gasteiger partial charge in [-0.25, -0.2) is 9.97 Å². The number of ether oxygens (including phenoxy) is 4. The van der Waals surface area contributed by atoms with Gasteiger partial charge in [0.15, 0.2) is 23.0 Å². The van der Waals surface area contributed by atoms with Gasteiger partial charge in [0.2, 0.25) is 0 Å². The van der Waals surface area contributed by atoms with Crippen LogP contribution in [0.15, 0.2) is 97.1 Å². The number of hydrogen-bond donors (Lipinski definition) is 0. The van der Waals surface area contributed by atoms with Crippen LogP contribution < -0.4 is 18.9 Å². The van der Waals surface area contributed by atoms with E-state index in [0.717, 1.165) is 96.8 Å². The molecule has 0 unspecified atom stereocenters. The molecule has 2 aromatic heterocycles. The van der Waals surface area contributed by atoms with Gasteiger partial charge in [0, 0.05) is 22.3 Å². The van der Waals surface area contributed by atoms with Crippen LogP contribution >= 0.6 is 11.7 Å². The highest BCUT2D eigenvalue weighted by atomic mass is 32.1. The van der Waals surface area contributed by atoms with Crippen LogP contribution in [0.3, 0.4) is 0 Å². The summed E-state index contributed by atoms with van der Waals surface area (Å²) in [5.41, 5.74) is 8.64. The molecule has 5 aromatic carbocycles. The lowest BCUT2D eigenvalue weighted by atomic mass is 9.99. The zero-order valence-corrected chi connectivity index (χ0v) is 53.3. The Morgan fingerprint density at radius 2 is 0.600 bits per heavy atom. The first-order chi connectivity index (χ1) is 42.1. The van der Waals surface area contributed by atoms with Crippen molar-refractivity contribution in [3.05, 3.63) is 119 Å². The summed E-state index contributed by atoms with van der Waals surface area (Å²) in [4.78, 5) is 11.5. The molecular formula is C76H100N4O4S. The van der Waals surface area contributed by atoms with Gasteiger partial charge >= 0.3 is 0 Å². The number of unbranched alkanes of at least 4 members (excludes halogenated alkanes) is 28. The minimum atomic E-state index is 0.597. The van der Waals surface area contributed by atoms with Crippen LogP contribution in [0.25, 0.3) is 44.6 Å². The molecule has 0 aliphatic carbocycles. The molecule has 7 rings (SSSR count). The molecule has 0 amide bonds. The summed E-state index contributed by atoms with van der Waals surface area (Å²) in [5, 5.41) is 0. The monoisotopic (exact) mass is 1160 g/mol. The van der Waals surface area contributed by atoms with Crippen molar-refractivity contribution in [2.75, 3.05) is 26.4 Å². The normalized spacial score (nSPS) is 11.2. The van der Waals surface area contributed by atoms with Gasteiger partial charge in [0.25, 0.3) is 0 Å². The molecule has 0 aliphatic heterocycles. The first kappa shape index (κ1) is 66.1. The Morgan fingerprint density at radius 1 is 0.306 bits per heavy atom. The maximum atomic E-state index is 6.81. The standard InChI is InChI=1S/C76H100N4O4S/c1-5-9-13-17-21-25-29-39-55-81-67-53-49-63(59-69(67)83-57-41-31-27-23-19-15-11-7-3)71-72(64-50-54-68(82-56-40-30-26-22-18-14-10-6-2)70(60-64)84-58-42-32-28-24-20-16-12-8-4)78-74-66(52-48-62-45-37-34-38-46-62)76-75(79-85-80-76)65(73(74)77-71)51-47-61-43-35-33-36-44-61/h33-38,43-46,49-50,53-54,59-60H,5-32,39-42,55-58H2,1-4H3. The van der Waals surface area contributed by atoms with Gasteiger partial charge in [-0.1, -0.05) is 268 Å². The maximum absolute atomic E-state index is 6.81. The number of nitrogens with zero attached hydrogens (tertiary/aromatic N) is 4. The van der Waals surface area contributed by atoms with Gasteiger partial charge in [-0.2, -0.15) is 8.75 Å². The van der Waals surface area contributed by atoms with Crippen LogP contribution in [0.1, 0.15) is 255 Å². The molecule has 9 heteroatoms. The minimum absolute atomic E-state index is 0.597. The van der Waals surface area contributed by atoms with Crippen molar-refractivity contribution in [2.45, 2.75) is 233 Å². The largest absolute Gasteiger partial charge is 0.490 e. The van der Waals surface area contributed by atoms with Crippen molar-refractivity contribution >= 4 is 33.8 Å². The summed E-state index contributed by atoms with van der Waals surface area (Å²) in [7, 11) is 0. The Balaban J connectivity index is 1.33. The van der Waals surface area contributed by atoms with Gasteiger partial charge in [-0.05, 0) is 86.3 Å². The van der Waals surface area contributed by atoms with Crippen molar-refractivity contribution in [2.24, 2.45) is 0 Å². The molecule has 0 fully saturated rings. The molecule has 85 heavy (non-hydrogen) atoms. The molecule has 0 N–H and O–H groups in total. The lowest BCUT2D eigenvalue weighted by Crippen LogP contribution is -2.05. The van der Waals surface area contributed by atoms with Crippen LogP contribution in [0.5, 0.6) is 23.0 Å². The van der Waals surface area contributed by atoms with Crippen molar-refractivity contribution in [1.29, 1.82) is 0 Å². The smallest absolute Gasteiger partial charge is 0.161 e. The molecule has 0 spiro atoms. The molecule has 0 radical (unpaired) electrons. The third-order valence-corrected chi connectivity index (χ3v) is 16.5. The average molecular weight is 1170 g/mol. The van der Waals surface area contributed by atoms with E-state index in [1.165, 1.54) is 154 Å². The van der Waals surface area contributed by atoms with Crippen molar-refractivity contribution in [3.63, 3.8) is 0 Å². The number of fused-ring (bicyclic) bond motifs is 2. The summed E-state index contributed by atoms with van der Waals surface area (Å²) in [6, 6.07) is 32.7. The van der Waals surface area contributed by atoms with E-state index in [2.05, 4.69) is 87.8 Å². The zero-order chi connectivity index (χ0) is 59.2. The first-order valence-electron chi connectivity index (χ1n) is 33.6. The van der Waals surface area contributed by atoms with E-state index in [1.54, 1.807) is 0 Å². The molecule has 7 aromatic rings. The summed E-state index contributed by atoms with van der Waals surface area (Å²) < 4.78 is 36.7. The first-order valence-corrected chi connectivity index (χ1v) is 34.3. The Bertz CT molecular complexity index is 2910. The van der Waals surface area contributed by atoms with Crippen LogP contribution in [0.4, 0.5) is 0 Å². The van der Waals surface area contributed by atoms with Crippen LogP contribution in [0.2, 0.25) is 0 Å². The second-order valence-electron chi connectivity index (χ2n) is 23.2. The highest BCUT2D eigenvalue weighted by Crippen LogP contribution is 2.42. The molecular weight excluding hydrogens is 1060 g/mol. The molecule has 0 saturated carbocycles. The third kappa shape index (κ3) is 22.7. The second kappa shape index (κ2) is 40.1. The van der Waals surface area contributed by atoms with Crippen LogP contribution in [-0.2, 0) is 0 Å². The third-order valence-electron chi connectivity index (χ3n) is 16.0. The zero-order valence-electron chi connectivity index (χ0n) is 52.5. The van der Waals surface area contributed by atoms with Crippen LogP contribution in [-0.4, -0.2) is 45.1 Å². The molecule has 0 bridgehead atoms. The number of benzene rings is 5. The molecule has 454 valence electrons. The molecule has 0 saturated heterocycles. The predicted octanol–water partition coefficient (Wildman–Crippen LogP) is 21.8. The van der Waals surface area contributed by atoms with Gasteiger partial charge in [0.1, 0.15) is 22.1 Å². The lowest BCUT2D eigenvalue weighted by Gasteiger charge is -2.18. The fourth-order valence-corrected chi connectivity index (χ4v) is 11.5. The van der Waals surface area contributed by atoms with Crippen LogP contribution in [0, 0.1) is 23.7 Å². The highest BCUT2D eigenvalue weighted by Gasteiger charge is 2.24. The van der Waals surface area contributed by atoms with Gasteiger partial charge < -0.3 is 18.9 Å².